The Morgan fingerprint density at radius 3 is 2.41 bits per heavy atom. The number of carboxylic acid groups (broad SMARTS) is 1. The van der Waals surface area contributed by atoms with E-state index in [1.54, 1.807) is 11.8 Å². The van der Waals surface area contributed by atoms with Crippen LogP contribution in [0.2, 0.25) is 0 Å². The number of amides is 2. The largest absolute Gasteiger partial charge is 0.480 e. The summed E-state index contributed by atoms with van der Waals surface area (Å²) in [5.74, 6) is 0.239. The number of urea groups is 1. The van der Waals surface area contributed by atoms with Crippen molar-refractivity contribution in [1.29, 1.82) is 0 Å². The van der Waals surface area contributed by atoms with Crippen molar-refractivity contribution >= 4 is 23.8 Å². The van der Waals surface area contributed by atoms with Crippen LogP contribution >= 0.6 is 11.8 Å². The van der Waals surface area contributed by atoms with Gasteiger partial charge in [0.05, 0.1) is 0 Å². The Morgan fingerprint density at radius 2 is 1.94 bits per heavy atom. The van der Waals surface area contributed by atoms with Crippen molar-refractivity contribution < 1.29 is 14.7 Å². The molecule has 17 heavy (non-hydrogen) atoms. The van der Waals surface area contributed by atoms with Gasteiger partial charge in [0.15, 0.2) is 0 Å². The minimum absolute atomic E-state index is 0.404. The molecule has 0 aliphatic rings. The molecule has 0 bridgehead atoms. The molecule has 0 saturated heterocycles. The SMILES string of the molecule is CSCC[C@H](NC(=O)NCCC(C)C)C(=O)O. The Bertz CT molecular complexity index is 247. The molecule has 0 unspecified atom stereocenters. The van der Waals surface area contributed by atoms with E-state index in [0.29, 0.717) is 24.6 Å². The highest BCUT2D eigenvalue weighted by molar-refractivity contribution is 7.98. The minimum atomic E-state index is -0.988. The Morgan fingerprint density at radius 1 is 1.29 bits per heavy atom. The first-order valence-corrected chi connectivity index (χ1v) is 7.12. The molecule has 3 N–H and O–H groups in total. The highest BCUT2D eigenvalue weighted by atomic mass is 32.2. The predicted molar refractivity (Wildman–Crippen MR) is 70.4 cm³/mol. The number of carboxylic acids is 1. The summed E-state index contributed by atoms with van der Waals surface area (Å²) in [5.41, 5.74) is 0. The zero-order valence-corrected chi connectivity index (χ0v) is 11.5. The van der Waals surface area contributed by atoms with Gasteiger partial charge in [0.25, 0.3) is 0 Å². The number of carbonyl (C=O) groups excluding carboxylic acids is 1. The number of carbonyl (C=O) groups is 2. The first-order chi connectivity index (χ1) is 7.97. The average molecular weight is 262 g/mol. The molecule has 0 fully saturated rings. The molecule has 5 nitrogen and oxygen atoms in total. The Hall–Kier alpha value is -0.910. The molecule has 0 rings (SSSR count). The molecule has 1 atom stereocenters. The molecule has 0 aromatic heterocycles. The van der Waals surface area contributed by atoms with Gasteiger partial charge in [-0.2, -0.15) is 11.8 Å². The lowest BCUT2D eigenvalue weighted by Crippen LogP contribution is -2.46. The second-order valence-corrected chi connectivity index (χ2v) is 5.24. The molecule has 0 aliphatic carbocycles. The first kappa shape index (κ1) is 16.1. The van der Waals surface area contributed by atoms with Gasteiger partial charge in [-0.05, 0) is 30.8 Å². The van der Waals surface area contributed by atoms with E-state index in [2.05, 4.69) is 24.5 Å². The average Bonchev–Trinajstić information content (AvgIpc) is 2.23. The second kappa shape index (κ2) is 9.15. The van der Waals surface area contributed by atoms with Crippen LogP contribution in [0.25, 0.3) is 0 Å². The van der Waals surface area contributed by atoms with Gasteiger partial charge in [-0.15, -0.1) is 0 Å². The van der Waals surface area contributed by atoms with E-state index < -0.39 is 18.0 Å². The Kier molecular flexibility index (Phi) is 8.66. The standard InChI is InChI=1S/C11H22N2O3S/c1-8(2)4-6-12-11(16)13-9(10(14)15)5-7-17-3/h8-9H,4-7H2,1-3H3,(H,14,15)(H2,12,13,16)/t9-/m0/s1. The molecule has 0 saturated carbocycles. The number of hydrogen-bond acceptors (Lipinski definition) is 3. The number of aliphatic carboxylic acids is 1. The number of rotatable bonds is 8. The quantitative estimate of drug-likeness (QED) is 0.620. The van der Waals surface area contributed by atoms with Crippen LogP contribution in [0.5, 0.6) is 0 Å². The molecule has 0 heterocycles. The fourth-order valence-electron chi connectivity index (χ4n) is 1.18. The van der Waals surface area contributed by atoms with Gasteiger partial charge in [0, 0.05) is 6.54 Å². The first-order valence-electron chi connectivity index (χ1n) is 5.73. The maximum absolute atomic E-state index is 11.4. The third kappa shape index (κ3) is 8.85. The van der Waals surface area contributed by atoms with E-state index >= 15 is 0 Å². The summed E-state index contributed by atoms with van der Waals surface area (Å²) in [6, 6.07) is -1.21. The minimum Gasteiger partial charge on any atom is -0.480 e. The summed E-state index contributed by atoms with van der Waals surface area (Å²) < 4.78 is 0. The van der Waals surface area contributed by atoms with E-state index in [1.807, 2.05) is 6.26 Å². The topological polar surface area (TPSA) is 78.4 Å². The van der Waals surface area contributed by atoms with Crippen LogP contribution in [0.3, 0.4) is 0 Å². The van der Waals surface area contributed by atoms with Crippen LogP contribution in [0.4, 0.5) is 4.79 Å². The van der Waals surface area contributed by atoms with Crippen molar-refractivity contribution in [2.45, 2.75) is 32.7 Å². The monoisotopic (exact) mass is 262 g/mol. The van der Waals surface area contributed by atoms with E-state index in [9.17, 15) is 9.59 Å². The second-order valence-electron chi connectivity index (χ2n) is 4.26. The fraction of sp³-hybridized carbons (Fsp3) is 0.818. The summed E-state index contributed by atoms with van der Waals surface area (Å²) in [7, 11) is 0. The van der Waals surface area contributed by atoms with Gasteiger partial charge < -0.3 is 15.7 Å². The van der Waals surface area contributed by atoms with Crippen molar-refractivity contribution in [3.8, 4) is 0 Å². The Balaban J connectivity index is 3.91. The van der Waals surface area contributed by atoms with Crippen LogP contribution in [0, 0.1) is 5.92 Å². The van der Waals surface area contributed by atoms with Crippen molar-refractivity contribution in [3.63, 3.8) is 0 Å². The normalized spacial score (nSPS) is 12.2. The smallest absolute Gasteiger partial charge is 0.326 e. The Labute approximate surface area is 107 Å². The number of nitrogens with one attached hydrogen (secondary N) is 2. The number of hydrogen-bond donors (Lipinski definition) is 3. The van der Waals surface area contributed by atoms with E-state index in [1.165, 1.54) is 0 Å². The molecule has 6 heteroatoms. The van der Waals surface area contributed by atoms with Crippen molar-refractivity contribution in [2.24, 2.45) is 5.92 Å². The van der Waals surface area contributed by atoms with Crippen LogP contribution in [-0.4, -0.2) is 41.7 Å². The van der Waals surface area contributed by atoms with Crippen molar-refractivity contribution in [3.05, 3.63) is 0 Å². The highest BCUT2D eigenvalue weighted by Gasteiger charge is 2.18. The maximum atomic E-state index is 11.4. The fourth-order valence-corrected chi connectivity index (χ4v) is 1.65. The lowest BCUT2D eigenvalue weighted by molar-refractivity contribution is -0.139. The van der Waals surface area contributed by atoms with Gasteiger partial charge in [-0.25, -0.2) is 9.59 Å². The maximum Gasteiger partial charge on any atom is 0.326 e. The van der Waals surface area contributed by atoms with E-state index in [-0.39, 0.29) is 0 Å². The van der Waals surface area contributed by atoms with Gasteiger partial charge in [-0.3, -0.25) is 0 Å². The summed E-state index contributed by atoms with van der Waals surface area (Å²) in [6.45, 7) is 4.70. The van der Waals surface area contributed by atoms with Gasteiger partial charge in [0.1, 0.15) is 6.04 Å². The predicted octanol–water partition coefficient (Wildman–Crippen LogP) is 1.54. The van der Waals surface area contributed by atoms with Gasteiger partial charge >= 0.3 is 12.0 Å². The van der Waals surface area contributed by atoms with Crippen LogP contribution in [0.1, 0.15) is 26.7 Å². The summed E-state index contributed by atoms with van der Waals surface area (Å²) >= 11 is 1.56. The molecule has 0 spiro atoms. The van der Waals surface area contributed by atoms with Gasteiger partial charge in [-0.1, -0.05) is 13.8 Å². The summed E-state index contributed by atoms with van der Waals surface area (Å²) in [4.78, 5) is 22.3. The van der Waals surface area contributed by atoms with E-state index in [0.717, 1.165) is 6.42 Å². The third-order valence-electron chi connectivity index (χ3n) is 2.22. The highest BCUT2D eigenvalue weighted by Crippen LogP contribution is 2.01. The summed E-state index contributed by atoms with van der Waals surface area (Å²) in [6.07, 6.45) is 3.23. The molecular formula is C11H22N2O3S. The van der Waals surface area contributed by atoms with Crippen molar-refractivity contribution in [1.82, 2.24) is 10.6 Å². The molecule has 0 aromatic rings. The summed E-state index contributed by atoms with van der Waals surface area (Å²) in [5, 5.41) is 14.0. The van der Waals surface area contributed by atoms with Gasteiger partial charge in [0.2, 0.25) is 0 Å². The molecule has 2 amide bonds. The van der Waals surface area contributed by atoms with Crippen molar-refractivity contribution in [2.75, 3.05) is 18.6 Å². The van der Waals surface area contributed by atoms with E-state index in [4.69, 9.17) is 5.11 Å². The number of thioether (sulfide) groups is 1. The zero-order valence-electron chi connectivity index (χ0n) is 10.7. The van der Waals surface area contributed by atoms with Crippen LogP contribution < -0.4 is 10.6 Å². The molecular weight excluding hydrogens is 240 g/mol. The zero-order chi connectivity index (χ0) is 13.3. The lowest BCUT2D eigenvalue weighted by Gasteiger charge is -2.15. The van der Waals surface area contributed by atoms with Crippen LogP contribution in [0.15, 0.2) is 0 Å². The molecule has 0 radical (unpaired) electrons. The lowest BCUT2D eigenvalue weighted by atomic mass is 10.1. The van der Waals surface area contributed by atoms with Crippen LogP contribution in [-0.2, 0) is 4.79 Å². The molecule has 100 valence electrons. The third-order valence-corrected chi connectivity index (χ3v) is 2.87. The molecule has 0 aliphatic heterocycles. The molecule has 0 aromatic carbocycles.